The van der Waals surface area contributed by atoms with Gasteiger partial charge in [0.25, 0.3) is 0 Å². The van der Waals surface area contributed by atoms with E-state index in [1.165, 1.54) is 17.7 Å². The summed E-state index contributed by atoms with van der Waals surface area (Å²) in [4.78, 5) is 11.8. The van der Waals surface area contributed by atoms with Crippen molar-refractivity contribution in [3.63, 3.8) is 0 Å². The highest BCUT2D eigenvalue weighted by molar-refractivity contribution is 6.37. The van der Waals surface area contributed by atoms with E-state index in [1.54, 1.807) is 0 Å². The van der Waals surface area contributed by atoms with E-state index in [2.05, 4.69) is 5.92 Å². The monoisotopic (exact) mass is 348 g/mol. The molecule has 0 radical (unpaired) electrons. The molecule has 0 aliphatic heterocycles. The lowest BCUT2D eigenvalue weighted by molar-refractivity contribution is 0.0556. The van der Waals surface area contributed by atoms with Gasteiger partial charge in [0.15, 0.2) is 12.4 Å². The quantitative estimate of drug-likeness (QED) is 0.581. The van der Waals surface area contributed by atoms with Gasteiger partial charge in [-0.2, -0.15) is 0 Å². The zero-order valence-corrected chi connectivity index (χ0v) is 13.9. The molecule has 2 aromatic carbocycles. The minimum atomic E-state index is -0.586. The summed E-state index contributed by atoms with van der Waals surface area (Å²) in [7, 11) is 0. The molecule has 2 aromatic rings. The Morgan fingerprint density at radius 3 is 2.35 bits per heavy atom. The highest BCUT2D eigenvalue weighted by Crippen LogP contribution is 2.35. The second-order valence-electron chi connectivity index (χ2n) is 4.82. The average Bonchev–Trinajstić information content (AvgIpc) is 2.53. The van der Waals surface area contributed by atoms with Crippen LogP contribution in [0.5, 0.6) is 5.75 Å². The zero-order valence-electron chi connectivity index (χ0n) is 12.4. The van der Waals surface area contributed by atoms with E-state index in [9.17, 15) is 4.79 Å². The van der Waals surface area contributed by atoms with E-state index in [-0.39, 0.29) is 22.2 Å². The smallest absolute Gasteiger partial charge is 0.339 e. The van der Waals surface area contributed by atoms with Crippen molar-refractivity contribution in [3.8, 4) is 18.1 Å². The second-order valence-corrected chi connectivity index (χ2v) is 5.64. The Morgan fingerprint density at radius 2 is 1.78 bits per heavy atom. The molecule has 2 rings (SSSR count). The number of rotatable bonds is 5. The van der Waals surface area contributed by atoms with Gasteiger partial charge in [-0.05, 0) is 24.6 Å². The van der Waals surface area contributed by atoms with Gasteiger partial charge >= 0.3 is 5.97 Å². The molecule has 23 heavy (non-hydrogen) atoms. The Kier molecular flexibility index (Phi) is 5.92. The summed E-state index contributed by atoms with van der Waals surface area (Å²) in [6, 6.07) is 10.8. The van der Waals surface area contributed by atoms with Gasteiger partial charge in [-0.3, -0.25) is 0 Å². The maximum absolute atomic E-state index is 11.8. The average molecular weight is 349 g/mol. The topological polar surface area (TPSA) is 35.5 Å². The van der Waals surface area contributed by atoms with Crippen LogP contribution in [0.25, 0.3) is 0 Å². The maximum atomic E-state index is 11.8. The number of hydrogen-bond donors (Lipinski definition) is 0. The van der Waals surface area contributed by atoms with Crippen molar-refractivity contribution in [3.05, 3.63) is 63.1 Å². The summed E-state index contributed by atoms with van der Waals surface area (Å²) in [5.74, 6) is 1.95. The van der Waals surface area contributed by atoms with Crippen LogP contribution in [0.2, 0.25) is 10.0 Å². The number of esters is 1. The number of aryl methyl sites for hydroxylation is 1. The highest BCUT2D eigenvalue weighted by Gasteiger charge is 2.15. The van der Waals surface area contributed by atoms with Crippen LogP contribution in [-0.2, 0) is 11.3 Å². The third kappa shape index (κ3) is 4.66. The van der Waals surface area contributed by atoms with Gasteiger partial charge in [0.2, 0.25) is 0 Å². The van der Waals surface area contributed by atoms with Crippen LogP contribution in [0.4, 0.5) is 0 Å². The number of carbonyl (C=O) groups is 1. The van der Waals surface area contributed by atoms with E-state index in [1.807, 2.05) is 31.2 Å². The van der Waals surface area contributed by atoms with Gasteiger partial charge in [-0.1, -0.05) is 59.0 Å². The van der Waals surface area contributed by atoms with Crippen LogP contribution in [0.15, 0.2) is 36.4 Å². The lowest BCUT2D eigenvalue weighted by Crippen LogP contribution is -2.06. The fourth-order valence-electron chi connectivity index (χ4n) is 1.85. The van der Waals surface area contributed by atoms with Crippen LogP contribution >= 0.6 is 23.2 Å². The number of carbonyl (C=O) groups excluding carboxylic acids is 1. The van der Waals surface area contributed by atoms with Gasteiger partial charge < -0.3 is 9.47 Å². The summed E-state index contributed by atoms with van der Waals surface area (Å²) in [5.41, 5.74) is 2.37. The van der Waals surface area contributed by atoms with Crippen LogP contribution in [0.3, 0.4) is 0 Å². The molecule has 0 aliphatic carbocycles. The molecule has 0 heterocycles. The molecule has 0 unspecified atom stereocenters. The molecule has 0 saturated heterocycles. The van der Waals surface area contributed by atoms with Crippen LogP contribution in [0, 0.1) is 19.3 Å². The minimum Gasteiger partial charge on any atom is -0.486 e. The number of benzene rings is 2. The summed E-state index contributed by atoms with van der Waals surface area (Å²) < 4.78 is 10.5. The van der Waals surface area contributed by atoms with Gasteiger partial charge in [0, 0.05) is 0 Å². The van der Waals surface area contributed by atoms with E-state index in [0.717, 1.165) is 5.56 Å². The zero-order chi connectivity index (χ0) is 16.8. The fraction of sp³-hybridized carbons (Fsp3) is 0.167. The van der Waals surface area contributed by atoms with Crippen LogP contribution in [0.1, 0.15) is 21.5 Å². The molecule has 0 aliphatic rings. The van der Waals surface area contributed by atoms with Crippen molar-refractivity contribution >= 4 is 29.2 Å². The van der Waals surface area contributed by atoms with Crippen molar-refractivity contribution < 1.29 is 14.3 Å². The molecule has 0 saturated carbocycles. The molecule has 0 spiro atoms. The SMILES string of the molecule is C#CCOC(=O)c1cc(Cl)c(OCc2ccc(C)cc2)c(Cl)c1. The molecular weight excluding hydrogens is 335 g/mol. The Morgan fingerprint density at radius 1 is 1.17 bits per heavy atom. The Bertz CT molecular complexity index is 723. The first kappa shape index (κ1) is 17.2. The number of hydrogen-bond acceptors (Lipinski definition) is 3. The Labute approximate surface area is 145 Å². The molecule has 0 bridgehead atoms. The van der Waals surface area contributed by atoms with Gasteiger partial charge in [0.05, 0.1) is 15.6 Å². The minimum absolute atomic E-state index is 0.111. The number of halogens is 2. The molecular formula is C18H14Cl2O3. The molecule has 118 valence electrons. The summed E-state index contributed by atoms with van der Waals surface area (Å²) >= 11 is 12.3. The van der Waals surface area contributed by atoms with Crippen molar-refractivity contribution in [1.29, 1.82) is 0 Å². The summed E-state index contributed by atoms with van der Waals surface area (Å²) in [5, 5.41) is 0.467. The van der Waals surface area contributed by atoms with Gasteiger partial charge in [-0.25, -0.2) is 4.79 Å². The fourth-order valence-corrected chi connectivity index (χ4v) is 2.44. The standard InChI is InChI=1S/C18H14Cl2O3/c1-3-8-22-18(21)14-9-15(19)17(16(20)10-14)23-11-13-6-4-12(2)5-7-13/h1,4-7,9-10H,8,11H2,2H3. The van der Waals surface area contributed by atoms with Gasteiger partial charge in [0.1, 0.15) is 6.61 Å². The number of terminal acetylenes is 1. The predicted molar refractivity (Wildman–Crippen MR) is 91.1 cm³/mol. The van der Waals surface area contributed by atoms with Gasteiger partial charge in [-0.15, -0.1) is 6.42 Å². The van der Waals surface area contributed by atoms with Crippen molar-refractivity contribution in [2.45, 2.75) is 13.5 Å². The second kappa shape index (κ2) is 7.92. The lowest BCUT2D eigenvalue weighted by atomic mass is 10.2. The predicted octanol–water partition coefficient (Wildman–Crippen LogP) is 4.67. The maximum Gasteiger partial charge on any atom is 0.339 e. The van der Waals surface area contributed by atoms with E-state index in [4.69, 9.17) is 39.1 Å². The Hall–Kier alpha value is -2.15. The normalized spacial score (nSPS) is 10.0. The lowest BCUT2D eigenvalue weighted by Gasteiger charge is -2.11. The molecule has 0 N–H and O–H groups in total. The molecule has 0 fully saturated rings. The van der Waals surface area contributed by atoms with Crippen molar-refractivity contribution in [1.82, 2.24) is 0 Å². The third-order valence-corrected chi connectivity index (χ3v) is 3.59. The van der Waals surface area contributed by atoms with Crippen molar-refractivity contribution in [2.75, 3.05) is 6.61 Å². The Balaban J connectivity index is 2.12. The third-order valence-electron chi connectivity index (χ3n) is 3.02. The molecule has 0 aromatic heterocycles. The first-order chi connectivity index (χ1) is 11.0. The molecule has 0 atom stereocenters. The van der Waals surface area contributed by atoms with E-state index < -0.39 is 5.97 Å². The first-order valence-electron chi connectivity index (χ1n) is 6.79. The molecule has 0 amide bonds. The van der Waals surface area contributed by atoms with Crippen LogP contribution < -0.4 is 4.74 Å². The molecule has 5 heteroatoms. The highest BCUT2D eigenvalue weighted by atomic mass is 35.5. The largest absolute Gasteiger partial charge is 0.486 e. The molecule has 3 nitrogen and oxygen atoms in total. The van der Waals surface area contributed by atoms with E-state index >= 15 is 0 Å². The van der Waals surface area contributed by atoms with Crippen molar-refractivity contribution in [2.24, 2.45) is 0 Å². The summed E-state index contributed by atoms with van der Waals surface area (Å²) in [6.07, 6.45) is 5.04. The van der Waals surface area contributed by atoms with Crippen LogP contribution in [-0.4, -0.2) is 12.6 Å². The summed E-state index contributed by atoms with van der Waals surface area (Å²) in [6.45, 7) is 2.22. The number of ether oxygens (including phenoxy) is 2. The van der Waals surface area contributed by atoms with E-state index in [0.29, 0.717) is 12.4 Å². The first-order valence-corrected chi connectivity index (χ1v) is 7.55.